The van der Waals surface area contributed by atoms with E-state index in [4.69, 9.17) is 15.2 Å². The standard InChI is InChI=1S/C12H26N2O3/c1-10(2)14(7-9-16-8-6-13)11(15)17-12(3,4)5/h10H,6-9,13H2,1-5H3. The summed E-state index contributed by atoms with van der Waals surface area (Å²) in [6.45, 7) is 11.5. The summed E-state index contributed by atoms with van der Waals surface area (Å²) in [4.78, 5) is 13.5. The zero-order valence-electron chi connectivity index (χ0n) is 11.7. The fourth-order valence-corrected chi connectivity index (χ4v) is 1.23. The number of ether oxygens (including phenoxy) is 2. The largest absolute Gasteiger partial charge is 0.444 e. The molecule has 1 amide bonds. The van der Waals surface area contributed by atoms with Gasteiger partial charge in [0, 0.05) is 19.1 Å². The number of nitrogens with two attached hydrogens (primary N) is 1. The van der Waals surface area contributed by atoms with Crippen molar-refractivity contribution >= 4 is 6.09 Å². The first-order valence-electron chi connectivity index (χ1n) is 6.05. The average Bonchev–Trinajstić information content (AvgIpc) is 2.14. The van der Waals surface area contributed by atoms with Crippen LogP contribution in [0.4, 0.5) is 4.79 Å². The SMILES string of the molecule is CC(C)N(CCOCCN)C(=O)OC(C)(C)C. The molecule has 0 rings (SSSR count). The lowest BCUT2D eigenvalue weighted by Gasteiger charge is -2.30. The molecule has 0 aromatic heterocycles. The van der Waals surface area contributed by atoms with E-state index in [1.54, 1.807) is 4.90 Å². The molecular weight excluding hydrogens is 220 g/mol. The summed E-state index contributed by atoms with van der Waals surface area (Å²) in [7, 11) is 0. The third-order valence-electron chi connectivity index (χ3n) is 1.99. The minimum atomic E-state index is -0.470. The van der Waals surface area contributed by atoms with Crippen LogP contribution in [0.5, 0.6) is 0 Å². The first-order chi connectivity index (χ1) is 7.78. The van der Waals surface area contributed by atoms with Gasteiger partial charge in [-0.25, -0.2) is 4.79 Å². The number of carbonyl (C=O) groups excluding carboxylic acids is 1. The fraction of sp³-hybridized carbons (Fsp3) is 0.917. The van der Waals surface area contributed by atoms with Crippen molar-refractivity contribution in [3.05, 3.63) is 0 Å². The maximum Gasteiger partial charge on any atom is 0.410 e. The molecule has 0 radical (unpaired) electrons. The molecule has 0 heterocycles. The Balaban J connectivity index is 4.18. The van der Waals surface area contributed by atoms with E-state index in [9.17, 15) is 4.79 Å². The zero-order chi connectivity index (χ0) is 13.5. The molecule has 0 aliphatic carbocycles. The minimum Gasteiger partial charge on any atom is -0.444 e. The van der Waals surface area contributed by atoms with Crippen LogP contribution in [-0.2, 0) is 9.47 Å². The van der Waals surface area contributed by atoms with Crippen LogP contribution < -0.4 is 5.73 Å². The summed E-state index contributed by atoms with van der Waals surface area (Å²) >= 11 is 0. The average molecular weight is 246 g/mol. The number of rotatable bonds is 6. The molecule has 2 N–H and O–H groups in total. The number of hydrogen-bond donors (Lipinski definition) is 1. The van der Waals surface area contributed by atoms with Crippen LogP contribution in [-0.4, -0.2) is 48.9 Å². The van der Waals surface area contributed by atoms with Gasteiger partial charge in [-0.3, -0.25) is 0 Å². The second-order valence-corrected chi connectivity index (χ2v) is 5.17. The Morgan fingerprint density at radius 3 is 2.29 bits per heavy atom. The zero-order valence-corrected chi connectivity index (χ0v) is 11.7. The van der Waals surface area contributed by atoms with Crippen LogP contribution in [0.2, 0.25) is 0 Å². The van der Waals surface area contributed by atoms with E-state index in [1.165, 1.54) is 0 Å². The molecule has 5 nitrogen and oxygen atoms in total. The predicted molar refractivity (Wildman–Crippen MR) is 67.9 cm³/mol. The molecule has 0 aromatic carbocycles. The number of hydrogen-bond acceptors (Lipinski definition) is 4. The van der Waals surface area contributed by atoms with Crippen molar-refractivity contribution in [2.75, 3.05) is 26.3 Å². The Kier molecular flexibility index (Phi) is 7.15. The summed E-state index contributed by atoms with van der Waals surface area (Å²) < 4.78 is 10.6. The first-order valence-corrected chi connectivity index (χ1v) is 6.05. The normalized spacial score (nSPS) is 11.7. The van der Waals surface area contributed by atoms with Crippen LogP contribution in [0, 0.1) is 0 Å². The van der Waals surface area contributed by atoms with Crippen LogP contribution in [0.1, 0.15) is 34.6 Å². The van der Waals surface area contributed by atoms with E-state index in [1.807, 2.05) is 34.6 Å². The third kappa shape index (κ3) is 7.99. The molecule has 0 saturated carbocycles. The second-order valence-electron chi connectivity index (χ2n) is 5.17. The van der Waals surface area contributed by atoms with Crippen molar-refractivity contribution in [2.24, 2.45) is 5.73 Å². The van der Waals surface area contributed by atoms with E-state index in [-0.39, 0.29) is 12.1 Å². The molecular formula is C12H26N2O3. The Morgan fingerprint density at radius 1 is 1.29 bits per heavy atom. The van der Waals surface area contributed by atoms with Crippen molar-refractivity contribution in [1.29, 1.82) is 0 Å². The van der Waals surface area contributed by atoms with E-state index in [0.29, 0.717) is 26.3 Å². The quantitative estimate of drug-likeness (QED) is 0.723. The molecule has 17 heavy (non-hydrogen) atoms. The second kappa shape index (κ2) is 7.50. The summed E-state index contributed by atoms with van der Waals surface area (Å²) in [5.41, 5.74) is 4.85. The van der Waals surface area contributed by atoms with Gasteiger partial charge in [0.05, 0.1) is 13.2 Å². The molecule has 0 fully saturated rings. The van der Waals surface area contributed by atoms with Gasteiger partial charge in [0.2, 0.25) is 0 Å². The molecule has 0 aromatic rings. The molecule has 0 saturated heterocycles. The Bertz CT molecular complexity index is 224. The van der Waals surface area contributed by atoms with Crippen molar-refractivity contribution in [2.45, 2.75) is 46.3 Å². The van der Waals surface area contributed by atoms with Crippen molar-refractivity contribution in [3.63, 3.8) is 0 Å². The fourth-order valence-electron chi connectivity index (χ4n) is 1.23. The number of nitrogens with zero attached hydrogens (tertiary/aromatic N) is 1. The molecule has 5 heteroatoms. The van der Waals surface area contributed by atoms with Gasteiger partial charge in [-0.15, -0.1) is 0 Å². The van der Waals surface area contributed by atoms with Gasteiger partial charge in [-0.1, -0.05) is 0 Å². The molecule has 0 aliphatic rings. The van der Waals surface area contributed by atoms with E-state index < -0.39 is 5.60 Å². The topological polar surface area (TPSA) is 64.8 Å². The maximum atomic E-state index is 11.9. The number of carbonyl (C=O) groups is 1. The lowest BCUT2D eigenvalue weighted by molar-refractivity contribution is 0.0113. The molecule has 0 bridgehead atoms. The van der Waals surface area contributed by atoms with Crippen LogP contribution >= 0.6 is 0 Å². The maximum absolute atomic E-state index is 11.9. The summed E-state index contributed by atoms with van der Waals surface area (Å²) in [5, 5.41) is 0. The Morgan fingerprint density at radius 2 is 1.88 bits per heavy atom. The van der Waals surface area contributed by atoms with Crippen molar-refractivity contribution < 1.29 is 14.3 Å². The van der Waals surface area contributed by atoms with Gasteiger partial charge in [0.1, 0.15) is 5.60 Å². The molecule has 0 spiro atoms. The van der Waals surface area contributed by atoms with Gasteiger partial charge in [-0.05, 0) is 34.6 Å². The minimum absolute atomic E-state index is 0.0892. The van der Waals surface area contributed by atoms with Crippen LogP contribution in [0.25, 0.3) is 0 Å². The van der Waals surface area contributed by atoms with E-state index in [0.717, 1.165) is 0 Å². The van der Waals surface area contributed by atoms with E-state index >= 15 is 0 Å². The van der Waals surface area contributed by atoms with Gasteiger partial charge < -0.3 is 20.1 Å². The smallest absolute Gasteiger partial charge is 0.410 e. The van der Waals surface area contributed by atoms with Gasteiger partial charge in [0.15, 0.2) is 0 Å². The third-order valence-corrected chi connectivity index (χ3v) is 1.99. The molecule has 0 atom stereocenters. The first kappa shape index (κ1) is 16.2. The highest BCUT2D eigenvalue weighted by Gasteiger charge is 2.23. The van der Waals surface area contributed by atoms with E-state index in [2.05, 4.69) is 0 Å². The highest BCUT2D eigenvalue weighted by atomic mass is 16.6. The molecule has 0 aliphatic heterocycles. The summed E-state index contributed by atoms with van der Waals surface area (Å²) in [6.07, 6.45) is -0.302. The molecule has 102 valence electrons. The lowest BCUT2D eigenvalue weighted by Crippen LogP contribution is -2.42. The summed E-state index contributed by atoms with van der Waals surface area (Å²) in [6, 6.07) is 0.0892. The summed E-state index contributed by atoms with van der Waals surface area (Å²) in [5.74, 6) is 0. The highest BCUT2D eigenvalue weighted by molar-refractivity contribution is 5.68. The van der Waals surface area contributed by atoms with Crippen LogP contribution in [0.3, 0.4) is 0 Å². The monoisotopic (exact) mass is 246 g/mol. The Hall–Kier alpha value is -0.810. The Labute approximate surface area is 104 Å². The number of amides is 1. The van der Waals surface area contributed by atoms with Crippen molar-refractivity contribution in [3.8, 4) is 0 Å². The van der Waals surface area contributed by atoms with Gasteiger partial charge >= 0.3 is 6.09 Å². The lowest BCUT2D eigenvalue weighted by atomic mass is 10.2. The predicted octanol–water partition coefficient (Wildman–Crippen LogP) is 1.61. The highest BCUT2D eigenvalue weighted by Crippen LogP contribution is 2.11. The van der Waals surface area contributed by atoms with Crippen LogP contribution in [0.15, 0.2) is 0 Å². The van der Waals surface area contributed by atoms with Crippen molar-refractivity contribution in [1.82, 2.24) is 4.90 Å². The van der Waals surface area contributed by atoms with Gasteiger partial charge in [0.25, 0.3) is 0 Å². The molecule has 0 unspecified atom stereocenters. The van der Waals surface area contributed by atoms with Gasteiger partial charge in [-0.2, -0.15) is 0 Å².